The first kappa shape index (κ1) is 15.9. The number of piperidine rings is 1. The topological polar surface area (TPSA) is 60.9 Å². The van der Waals surface area contributed by atoms with Crippen LogP contribution >= 0.6 is 0 Å². The Morgan fingerprint density at radius 2 is 2.00 bits per heavy atom. The number of rotatable bonds is 3. The molecule has 0 radical (unpaired) electrons. The van der Waals surface area contributed by atoms with E-state index in [1.54, 1.807) is 15.9 Å². The smallest absolute Gasteiger partial charge is 0.256 e. The van der Waals surface area contributed by atoms with Crippen molar-refractivity contribution in [2.45, 2.75) is 25.7 Å². The van der Waals surface area contributed by atoms with Crippen LogP contribution < -0.4 is 4.90 Å². The lowest BCUT2D eigenvalue weighted by atomic mass is 9.97. The van der Waals surface area contributed by atoms with E-state index in [0.29, 0.717) is 31.7 Å². The van der Waals surface area contributed by atoms with Crippen molar-refractivity contribution < 1.29 is 19.1 Å². The van der Waals surface area contributed by atoms with E-state index in [4.69, 9.17) is 5.11 Å². The molecular formula is C17H21FN2O3. The maximum Gasteiger partial charge on any atom is 0.256 e. The number of hydrogen-bond donors (Lipinski definition) is 1. The zero-order valence-electron chi connectivity index (χ0n) is 13.0. The zero-order valence-corrected chi connectivity index (χ0v) is 13.0. The molecule has 0 bridgehead atoms. The number of amides is 2. The Morgan fingerprint density at radius 3 is 2.61 bits per heavy atom. The molecule has 0 aliphatic carbocycles. The van der Waals surface area contributed by atoms with E-state index >= 15 is 0 Å². The number of carbonyl (C=O) groups is 2. The number of halogens is 1. The van der Waals surface area contributed by atoms with Crippen LogP contribution in [0.15, 0.2) is 18.2 Å². The number of hydrogen-bond acceptors (Lipinski definition) is 3. The average Bonchev–Trinajstić information content (AvgIpc) is 3.01. The zero-order chi connectivity index (χ0) is 16.4. The summed E-state index contributed by atoms with van der Waals surface area (Å²) in [6, 6.07) is 4.29. The number of aliphatic hydroxyl groups is 1. The number of nitrogens with zero attached hydrogens (tertiary/aromatic N) is 2. The van der Waals surface area contributed by atoms with Gasteiger partial charge in [-0.1, -0.05) is 0 Å². The number of carbonyl (C=O) groups excluding carboxylic acids is 2. The molecule has 0 saturated carbocycles. The van der Waals surface area contributed by atoms with Crippen LogP contribution in [0.2, 0.25) is 0 Å². The van der Waals surface area contributed by atoms with Crippen molar-refractivity contribution in [3.05, 3.63) is 29.6 Å². The molecule has 6 heteroatoms. The van der Waals surface area contributed by atoms with E-state index in [0.717, 1.165) is 19.3 Å². The van der Waals surface area contributed by atoms with Gasteiger partial charge in [0.15, 0.2) is 0 Å². The minimum atomic E-state index is -0.560. The van der Waals surface area contributed by atoms with Gasteiger partial charge in [-0.15, -0.1) is 0 Å². The van der Waals surface area contributed by atoms with Gasteiger partial charge < -0.3 is 14.9 Å². The van der Waals surface area contributed by atoms with Gasteiger partial charge >= 0.3 is 0 Å². The Balaban J connectivity index is 1.79. The molecule has 2 saturated heterocycles. The normalized spacial score (nSPS) is 19.5. The standard InChI is InChI=1S/C17H21FN2O3/c18-15-4-3-13(20-7-1-2-16(20)22)10-14(15)17(23)19-8-5-12(11-21)6-9-19/h3-4,10,12,21H,1-2,5-9,11H2. The van der Waals surface area contributed by atoms with E-state index in [9.17, 15) is 14.0 Å². The van der Waals surface area contributed by atoms with E-state index in [2.05, 4.69) is 0 Å². The van der Waals surface area contributed by atoms with Crippen molar-refractivity contribution in [3.63, 3.8) is 0 Å². The molecule has 5 nitrogen and oxygen atoms in total. The highest BCUT2D eigenvalue weighted by Crippen LogP contribution is 2.26. The molecule has 0 spiro atoms. The van der Waals surface area contributed by atoms with E-state index in [1.165, 1.54) is 12.1 Å². The summed E-state index contributed by atoms with van der Waals surface area (Å²) < 4.78 is 14.1. The van der Waals surface area contributed by atoms with Gasteiger partial charge in [0, 0.05) is 38.3 Å². The van der Waals surface area contributed by atoms with Gasteiger partial charge in [0.05, 0.1) is 5.56 Å². The number of anilines is 1. The summed E-state index contributed by atoms with van der Waals surface area (Å²) in [5.74, 6) is -0.668. The molecule has 1 N–H and O–H groups in total. The SMILES string of the molecule is O=C(c1cc(N2CCCC2=O)ccc1F)N1CCC(CO)CC1. The summed E-state index contributed by atoms with van der Waals surface area (Å²) >= 11 is 0. The van der Waals surface area contributed by atoms with Crippen molar-refractivity contribution in [2.24, 2.45) is 5.92 Å². The average molecular weight is 320 g/mol. The summed E-state index contributed by atoms with van der Waals surface area (Å²) in [5, 5.41) is 9.16. The molecule has 2 heterocycles. The van der Waals surface area contributed by atoms with Crippen LogP contribution in [-0.2, 0) is 4.79 Å². The highest BCUT2D eigenvalue weighted by molar-refractivity contribution is 5.99. The van der Waals surface area contributed by atoms with Crippen LogP contribution in [0.3, 0.4) is 0 Å². The van der Waals surface area contributed by atoms with Gasteiger partial charge in [0.1, 0.15) is 5.82 Å². The van der Waals surface area contributed by atoms with Gasteiger partial charge in [-0.05, 0) is 43.4 Å². The van der Waals surface area contributed by atoms with Gasteiger partial charge in [0.25, 0.3) is 5.91 Å². The molecule has 0 aromatic heterocycles. The van der Waals surface area contributed by atoms with Crippen LogP contribution in [-0.4, -0.2) is 48.1 Å². The van der Waals surface area contributed by atoms with Crippen molar-refractivity contribution in [3.8, 4) is 0 Å². The maximum atomic E-state index is 14.1. The van der Waals surface area contributed by atoms with Gasteiger partial charge in [-0.2, -0.15) is 0 Å². The fourth-order valence-electron chi connectivity index (χ4n) is 3.26. The Morgan fingerprint density at radius 1 is 1.26 bits per heavy atom. The number of aliphatic hydroxyl groups excluding tert-OH is 1. The van der Waals surface area contributed by atoms with E-state index < -0.39 is 5.82 Å². The minimum absolute atomic E-state index is 0.0127. The largest absolute Gasteiger partial charge is 0.396 e. The Labute approximate surface area is 134 Å². The van der Waals surface area contributed by atoms with Crippen LogP contribution in [0.5, 0.6) is 0 Å². The number of likely N-dealkylation sites (tertiary alicyclic amines) is 1. The molecule has 0 unspecified atom stereocenters. The molecule has 1 aromatic rings. The first-order valence-corrected chi connectivity index (χ1v) is 8.10. The molecular weight excluding hydrogens is 299 g/mol. The quantitative estimate of drug-likeness (QED) is 0.924. The second-order valence-corrected chi connectivity index (χ2v) is 6.23. The summed E-state index contributed by atoms with van der Waals surface area (Å²) in [7, 11) is 0. The number of benzene rings is 1. The third-order valence-corrected chi connectivity index (χ3v) is 4.73. The lowest BCUT2D eigenvalue weighted by molar-refractivity contribution is -0.117. The molecule has 1 aromatic carbocycles. The van der Waals surface area contributed by atoms with Crippen molar-refractivity contribution in [1.82, 2.24) is 4.90 Å². The highest BCUT2D eigenvalue weighted by atomic mass is 19.1. The molecule has 0 atom stereocenters. The van der Waals surface area contributed by atoms with Crippen LogP contribution in [0.25, 0.3) is 0 Å². The van der Waals surface area contributed by atoms with Crippen LogP contribution in [0, 0.1) is 11.7 Å². The third kappa shape index (κ3) is 3.22. The Bertz CT molecular complexity index is 612. The summed E-state index contributed by atoms with van der Waals surface area (Å²) in [4.78, 5) is 27.6. The second kappa shape index (κ2) is 6.66. The Hall–Kier alpha value is -1.95. The third-order valence-electron chi connectivity index (χ3n) is 4.73. The molecule has 2 aliphatic rings. The van der Waals surface area contributed by atoms with Crippen molar-refractivity contribution in [1.29, 1.82) is 0 Å². The summed E-state index contributed by atoms with van der Waals surface area (Å²) in [6.45, 7) is 1.79. The van der Waals surface area contributed by atoms with Gasteiger partial charge in [-0.25, -0.2) is 4.39 Å². The first-order chi connectivity index (χ1) is 11.1. The molecule has 2 aliphatic heterocycles. The summed E-state index contributed by atoms with van der Waals surface area (Å²) in [5.41, 5.74) is 0.604. The lowest BCUT2D eigenvalue weighted by Crippen LogP contribution is -2.39. The second-order valence-electron chi connectivity index (χ2n) is 6.23. The van der Waals surface area contributed by atoms with E-state index in [1.807, 2.05) is 0 Å². The molecule has 3 rings (SSSR count). The predicted molar refractivity (Wildman–Crippen MR) is 83.7 cm³/mol. The fourth-order valence-corrected chi connectivity index (χ4v) is 3.26. The van der Waals surface area contributed by atoms with Crippen molar-refractivity contribution in [2.75, 3.05) is 31.1 Å². The molecule has 124 valence electrons. The lowest BCUT2D eigenvalue weighted by Gasteiger charge is -2.31. The first-order valence-electron chi connectivity index (χ1n) is 8.10. The van der Waals surface area contributed by atoms with Crippen molar-refractivity contribution >= 4 is 17.5 Å². The fraction of sp³-hybridized carbons (Fsp3) is 0.529. The van der Waals surface area contributed by atoms with E-state index in [-0.39, 0.29) is 29.9 Å². The maximum absolute atomic E-state index is 14.1. The molecule has 2 amide bonds. The Kier molecular flexibility index (Phi) is 4.61. The monoisotopic (exact) mass is 320 g/mol. The molecule has 23 heavy (non-hydrogen) atoms. The molecule has 2 fully saturated rings. The minimum Gasteiger partial charge on any atom is -0.396 e. The van der Waals surface area contributed by atoms with Gasteiger partial charge in [0.2, 0.25) is 5.91 Å². The predicted octanol–water partition coefficient (Wildman–Crippen LogP) is 1.80. The summed E-state index contributed by atoms with van der Waals surface area (Å²) in [6.07, 6.45) is 2.74. The highest BCUT2D eigenvalue weighted by Gasteiger charge is 2.27. The van der Waals surface area contributed by atoms with Crippen LogP contribution in [0.4, 0.5) is 10.1 Å². The van der Waals surface area contributed by atoms with Gasteiger partial charge in [-0.3, -0.25) is 9.59 Å². The van der Waals surface area contributed by atoms with Crippen LogP contribution in [0.1, 0.15) is 36.0 Å².